The van der Waals surface area contributed by atoms with Gasteiger partial charge < -0.3 is 0 Å². The highest BCUT2D eigenvalue weighted by Gasteiger charge is 2.26. The third-order valence-corrected chi connectivity index (χ3v) is 3.42. The van der Waals surface area contributed by atoms with Crippen LogP contribution in [0.15, 0.2) is 29.0 Å². The summed E-state index contributed by atoms with van der Waals surface area (Å²) in [5.74, 6) is -0.242. The van der Waals surface area contributed by atoms with Gasteiger partial charge in [0.25, 0.3) is 0 Å². The van der Waals surface area contributed by atoms with Crippen molar-refractivity contribution in [3.63, 3.8) is 0 Å². The second-order valence-electron chi connectivity index (χ2n) is 3.93. The molecule has 1 saturated heterocycles. The Kier molecular flexibility index (Phi) is 2.55. The van der Waals surface area contributed by atoms with Gasteiger partial charge in [-0.1, -0.05) is 6.07 Å². The molecule has 0 unspecified atom stereocenters. The fourth-order valence-electron chi connectivity index (χ4n) is 1.97. The topological polar surface area (TPSA) is 66.7 Å². The van der Waals surface area contributed by atoms with Crippen molar-refractivity contribution >= 4 is 39.1 Å². The second-order valence-corrected chi connectivity index (χ2v) is 4.74. The average molecular weight is 309 g/mol. The third-order valence-electron chi connectivity index (χ3n) is 2.82. The van der Waals surface area contributed by atoms with Crippen LogP contribution < -0.4 is 10.2 Å². The number of hydrogen-bond acceptors (Lipinski definition) is 3. The summed E-state index contributed by atoms with van der Waals surface area (Å²) < 4.78 is 2.50. The molecule has 0 saturated carbocycles. The molecule has 0 atom stereocenters. The van der Waals surface area contributed by atoms with Crippen LogP contribution in [0.4, 0.5) is 10.5 Å². The molecule has 0 spiro atoms. The SMILES string of the molecule is O=C1CCN(c2cnn3c(Br)cccc23)C(=O)N1. The first-order valence-electron chi connectivity index (χ1n) is 5.40. The molecular formula is C11H9BrN4O2. The van der Waals surface area contributed by atoms with E-state index in [2.05, 4.69) is 26.3 Å². The van der Waals surface area contributed by atoms with E-state index in [9.17, 15) is 9.59 Å². The van der Waals surface area contributed by atoms with Crippen LogP contribution in [0.2, 0.25) is 0 Å². The zero-order valence-corrected chi connectivity index (χ0v) is 10.8. The van der Waals surface area contributed by atoms with E-state index in [1.807, 2.05) is 18.2 Å². The number of pyridine rings is 1. The molecule has 0 radical (unpaired) electrons. The molecule has 18 heavy (non-hydrogen) atoms. The van der Waals surface area contributed by atoms with Gasteiger partial charge in [0.05, 0.1) is 17.4 Å². The van der Waals surface area contributed by atoms with Crippen molar-refractivity contribution in [3.05, 3.63) is 29.0 Å². The van der Waals surface area contributed by atoms with E-state index in [1.54, 1.807) is 10.7 Å². The number of carbonyl (C=O) groups excluding carboxylic acids is 2. The molecule has 3 amide bonds. The molecule has 92 valence electrons. The number of nitrogens with one attached hydrogen (secondary N) is 1. The van der Waals surface area contributed by atoms with Crippen molar-refractivity contribution in [3.8, 4) is 0 Å². The number of carbonyl (C=O) groups is 2. The smallest absolute Gasteiger partial charge is 0.290 e. The Labute approximate surface area is 111 Å². The zero-order valence-electron chi connectivity index (χ0n) is 9.26. The summed E-state index contributed by atoms with van der Waals surface area (Å²) in [6.45, 7) is 0.374. The highest BCUT2D eigenvalue weighted by atomic mass is 79.9. The van der Waals surface area contributed by atoms with E-state index in [1.165, 1.54) is 4.90 Å². The molecular weight excluding hydrogens is 300 g/mol. The van der Waals surface area contributed by atoms with Gasteiger partial charge in [-0.3, -0.25) is 15.0 Å². The van der Waals surface area contributed by atoms with Gasteiger partial charge in [0.1, 0.15) is 4.60 Å². The summed E-state index contributed by atoms with van der Waals surface area (Å²) in [6, 6.07) is 5.21. The largest absolute Gasteiger partial charge is 0.328 e. The number of fused-ring (bicyclic) bond motifs is 1. The fourth-order valence-corrected chi connectivity index (χ4v) is 2.40. The van der Waals surface area contributed by atoms with Crippen LogP contribution in [-0.2, 0) is 4.79 Å². The van der Waals surface area contributed by atoms with Crippen molar-refractivity contribution < 1.29 is 9.59 Å². The van der Waals surface area contributed by atoms with Gasteiger partial charge in [0.15, 0.2) is 0 Å². The number of hydrogen-bond donors (Lipinski definition) is 1. The number of aromatic nitrogens is 2. The molecule has 2 aromatic rings. The zero-order chi connectivity index (χ0) is 12.7. The monoisotopic (exact) mass is 308 g/mol. The van der Waals surface area contributed by atoms with Gasteiger partial charge >= 0.3 is 6.03 Å². The Morgan fingerprint density at radius 2 is 2.17 bits per heavy atom. The van der Waals surface area contributed by atoms with Gasteiger partial charge in [-0.15, -0.1) is 0 Å². The standard InChI is InChI=1S/C11H9BrN4O2/c12-9-3-1-2-7-8(6-13-16(7)9)15-5-4-10(17)14-11(15)18/h1-3,6H,4-5H2,(H,14,17,18). The van der Waals surface area contributed by atoms with Crippen LogP contribution in [-0.4, -0.2) is 28.1 Å². The molecule has 0 bridgehead atoms. The number of halogens is 1. The Hall–Kier alpha value is -1.89. The number of imide groups is 1. The normalized spacial score (nSPS) is 16.2. The van der Waals surface area contributed by atoms with E-state index < -0.39 is 6.03 Å². The summed E-state index contributed by atoms with van der Waals surface area (Å²) in [5, 5.41) is 6.51. The number of urea groups is 1. The molecule has 3 rings (SSSR count). The third kappa shape index (κ3) is 1.67. The molecule has 0 aromatic carbocycles. The lowest BCUT2D eigenvalue weighted by Gasteiger charge is -2.25. The summed E-state index contributed by atoms with van der Waals surface area (Å²) in [5.41, 5.74) is 1.51. The maximum absolute atomic E-state index is 11.8. The van der Waals surface area contributed by atoms with Gasteiger partial charge in [0.2, 0.25) is 5.91 Å². The molecule has 2 aromatic heterocycles. The molecule has 7 heteroatoms. The maximum Gasteiger partial charge on any atom is 0.328 e. The summed E-state index contributed by atoms with van der Waals surface area (Å²) in [4.78, 5) is 24.4. The Balaban J connectivity index is 2.07. The molecule has 1 aliphatic heterocycles. The first-order valence-corrected chi connectivity index (χ1v) is 6.20. The first-order chi connectivity index (χ1) is 8.66. The summed E-state index contributed by atoms with van der Waals surface area (Å²) >= 11 is 3.39. The minimum atomic E-state index is -0.402. The van der Waals surface area contributed by atoms with Crippen LogP contribution in [0.1, 0.15) is 6.42 Å². The lowest BCUT2D eigenvalue weighted by molar-refractivity contribution is -0.120. The van der Waals surface area contributed by atoms with Crippen molar-refractivity contribution in [2.24, 2.45) is 0 Å². The molecule has 1 N–H and O–H groups in total. The minimum Gasteiger partial charge on any atom is -0.290 e. The Morgan fingerprint density at radius 1 is 1.33 bits per heavy atom. The van der Waals surface area contributed by atoms with Crippen molar-refractivity contribution in [1.29, 1.82) is 0 Å². The Bertz CT molecular complexity index is 652. The fraction of sp³-hybridized carbons (Fsp3) is 0.182. The maximum atomic E-state index is 11.8. The lowest BCUT2D eigenvalue weighted by Crippen LogP contribution is -2.49. The van der Waals surface area contributed by atoms with E-state index in [0.717, 1.165) is 10.1 Å². The van der Waals surface area contributed by atoms with Crippen LogP contribution in [0.25, 0.3) is 5.52 Å². The van der Waals surface area contributed by atoms with Crippen LogP contribution in [0, 0.1) is 0 Å². The number of anilines is 1. The van der Waals surface area contributed by atoms with Crippen molar-refractivity contribution in [2.45, 2.75) is 6.42 Å². The summed E-state index contributed by atoms with van der Waals surface area (Å²) in [6.07, 6.45) is 1.92. The Morgan fingerprint density at radius 3 is 2.94 bits per heavy atom. The van der Waals surface area contributed by atoms with Crippen LogP contribution in [0.5, 0.6) is 0 Å². The second kappa shape index (κ2) is 4.09. The lowest BCUT2D eigenvalue weighted by atomic mass is 10.2. The number of amides is 3. The van der Waals surface area contributed by atoms with Crippen molar-refractivity contribution in [2.75, 3.05) is 11.4 Å². The van der Waals surface area contributed by atoms with Gasteiger partial charge in [0, 0.05) is 13.0 Å². The first kappa shape index (κ1) is 11.2. The number of rotatable bonds is 1. The molecule has 1 aliphatic rings. The molecule has 1 fully saturated rings. The highest BCUT2D eigenvalue weighted by molar-refractivity contribution is 9.10. The molecule has 3 heterocycles. The van der Waals surface area contributed by atoms with E-state index in [4.69, 9.17) is 0 Å². The number of nitrogens with zero attached hydrogens (tertiary/aromatic N) is 3. The van der Waals surface area contributed by atoms with Crippen molar-refractivity contribution in [1.82, 2.24) is 14.9 Å². The minimum absolute atomic E-state index is 0.242. The quantitative estimate of drug-likeness (QED) is 0.813. The van der Waals surface area contributed by atoms with Crippen LogP contribution in [0.3, 0.4) is 0 Å². The predicted octanol–water partition coefficient (Wildman–Crippen LogP) is 1.54. The molecule has 0 aliphatic carbocycles. The van der Waals surface area contributed by atoms with E-state index in [0.29, 0.717) is 18.7 Å². The summed E-state index contributed by atoms with van der Waals surface area (Å²) in [7, 11) is 0. The predicted molar refractivity (Wildman–Crippen MR) is 68.4 cm³/mol. The van der Waals surface area contributed by atoms with Crippen LogP contribution >= 0.6 is 15.9 Å². The highest BCUT2D eigenvalue weighted by Crippen LogP contribution is 2.25. The van der Waals surface area contributed by atoms with E-state index >= 15 is 0 Å². The average Bonchev–Trinajstić information content (AvgIpc) is 2.74. The van der Waals surface area contributed by atoms with Gasteiger partial charge in [-0.2, -0.15) is 5.10 Å². The van der Waals surface area contributed by atoms with Gasteiger partial charge in [-0.25, -0.2) is 9.31 Å². The van der Waals surface area contributed by atoms with Gasteiger partial charge in [-0.05, 0) is 28.1 Å². The van der Waals surface area contributed by atoms with E-state index in [-0.39, 0.29) is 5.91 Å². The molecule has 6 nitrogen and oxygen atoms in total.